The molecule has 5 heteroatoms. The molecule has 128 valence electrons. The Labute approximate surface area is 150 Å². The highest BCUT2D eigenvalue weighted by Gasteiger charge is 2.15. The molecule has 0 unspecified atom stereocenters. The Bertz CT molecular complexity index is 1080. The van der Waals surface area contributed by atoms with E-state index in [1.165, 1.54) is 17.7 Å². The molecule has 0 saturated heterocycles. The van der Waals surface area contributed by atoms with Crippen molar-refractivity contribution in [3.05, 3.63) is 94.0 Å². The Morgan fingerprint density at radius 2 is 1.69 bits per heavy atom. The van der Waals surface area contributed by atoms with E-state index in [1.807, 2.05) is 37.3 Å². The maximum atomic E-state index is 10.9. The van der Waals surface area contributed by atoms with E-state index >= 15 is 0 Å². The number of hydrogen-bond donors (Lipinski definition) is 0. The Hall–Kier alpha value is -3.47. The predicted octanol–water partition coefficient (Wildman–Crippen LogP) is 4.97. The van der Waals surface area contributed by atoms with Crippen molar-refractivity contribution in [2.45, 2.75) is 13.5 Å². The monoisotopic (exact) mass is 343 g/mol. The zero-order valence-electron chi connectivity index (χ0n) is 14.3. The van der Waals surface area contributed by atoms with Crippen LogP contribution in [0.4, 0.5) is 5.69 Å². The first-order valence-corrected chi connectivity index (χ1v) is 8.38. The topological polar surface area (TPSA) is 61.0 Å². The number of non-ortho nitro benzene ring substituents is 1. The number of fused-ring (bicyclic) bond motifs is 1. The molecule has 0 spiro atoms. The molecule has 0 amide bonds. The minimum atomic E-state index is -0.388. The van der Waals surface area contributed by atoms with Crippen LogP contribution in [0.15, 0.2) is 72.8 Å². The quantitative estimate of drug-likeness (QED) is 0.388. The van der Waals surface area contributed by atoms with Gasteiger partial charge in [-0.05, 0) is 36.2 Å². The molecule has 0 aliphatic carbocycles. The summed E-state index contributed by atoms with van der Waals surface area (Å²) < 4.78 is 2.17. The average molecular weight is 343 g/mol. The van der Waals surface area contributed by atoms with Gasteiger partial charge in [0.2, 0.25) is 0 Å². The summed E-state index contributed by atoms with van der Waals surface area (Å²) in [4.78, 5) is 15.4. The fourth-order valence-electron chi connectivity index (χ4n) is 3.17. The third-order valence-corrected chi connectivity index (χ3v) is 4.50. The van der Waals surface area contributed by atoms with E-state index < -0.39 is 0 Å². The van der Waals surface area contributed by atoms with Gasteiger partial charge in [0.15, 0.2) is 0 Å². The van der Waals surface area contributed by atoms with Gasteiger partial charge in [-0.25, -0.2) is 4.98 Å². The molecule has 0 atom stereocenters. The van der Waals surface area contributed by atoms with Crippen LogP contribution in [0.1, 0.15) is 11.1 Å². The van der Waals surface area contributed by atoms with Crippen LogP contribution in [0.3, 0.4) is 0 Å². The zero-order valence-corrected chi connectivity index (χ0v) is 14.3. The van der Waals surface area contributed by atoms with Gasteiger partial charge in [0.25, 0.3) is 5.69 Å². The van der Waals surface area contributed by atoms with Gasteiger partial charge in [0.05, 0.1) is 16.0 Å². The molecule has 0 saturated carbocycles. The first-order chi connectivity index (χ1) is 12.6. The summed E-state index contributed by atoms with van der Waals surface area (Å²) in [6.45, 7) is 2.73. The SMILES string of the molecule is Cc1cccc2c1nc(-c1ccc([N+](=O)[O-])cc1)n2Cc1ccccc1. The lowest BCUT2D eigenvalue weighted by molar-refractivity contribution is -0.384. The number of nitro benzene ring substituents is 1. The van der Waals surface area contributed by atoms with Gasteiger partial charge in [0.1, 0.15) is 5.82 Å². The maximum Gasteiger partial charge on any atom is 0.269 e. The van der Waals surface area contributed by atoms with Crippen LogP contribution in [-0.4, -0.2) is 14.5 Å². The number of imidazole rings is 1. The van der Waals surface area contributed by atoms with E-state index in [2.05, 4.69) is 22.8 Å². The molecule has 4 rings (SSSR count). The fourth-order valence-corrected chi connectivity index (χ4v) is 3.17. The van der Waals surface area contributed by atoms with Gasteiger partial charge in [-0.3, -0.25) is 10.1 Å². The van der Waals surface area contributed by atoms with Gasteiger partial charge in [0, 0.05) is 24.2 Å². The average Bonchev–Trinajstić information content (AvgIpc) is 3.03. The largest absolute Gasteiger partial charge is 0.319 e. The molecule has 5 nitrogen and oxygen atoms in total. The van der Waals surface area contributed by atoms with Crippen molar-refractivity contribution in [2.24, 2.45) is 0 Å². The second-order valence-corrected chi connectivity index (χ2v) is 6.25. The number of nitrogens with zero attached hydrogens (tertiary/aromatic N) is 3. The summed E-state index contributed by atoms with van der Waals surface area (Å²) in [6, 6.07) is 22.9. The Morgan fingerprint density at radius 1 is 0.962 bits per heavy atom. The molecule has 26 heavy (non-hydrogen) atoms. The first-order valence-electron chi connectivity index (χ1n) is 8.38. The molecular formula is C21H17N3O2. The highest BCUT2D eigenvalue weighted by molar-refractivity contribution is 5.83. The van der Waals surface area contributed by atoms with Crippen LogP contribution in [0.2, 0.25) is 0 Å². The van der Waals surface area contributed by atoms with Gasteiger partial charge in [-0.15, -0.1) is 0 Å². The van der Waals surface area contributed by atoms with Crippen LogP contribution in [0.5, 0.6) is 0 Å². The summed E-state index contributed by atoms with van der Waals surface area (Å²) in [6.07, 6.45) is 0. The molecule has 3 aromatic carbocycles. The molecule has 0 fully saturated rings. The highest BCUT2D eigenvalue weighted by atomic mass is 16.6. The van der Waals surface area contributed by atoms with Crippen molar-refractivity contribution in [3.8, 4) is 11.4 Å². The molecule has 4 aromatic rings. The number of benzene rings is 3. The normalized spacial score (nSPS) is 11.0. The first kappa shape index (κ1) is 16.0. The van der Waals surface area contributed by atoms with Crippen LogP contribution in [0.25, 0.3) is 22.4 Å². The van der Waals surface area contributed by atoms with Crippen molar-refractivity contribution in [2.75, 3.05) is 0 Å². The minimum absolute atomic E-state index is 0.0793. The molecule has 1 aromatic heterocycles. The smallest absolute Gasteiger partial charge is 0.269 e. The summed E-state index contributed by atoms with van der Waals surface area (Å²) in [5.74, 6) is 0.813. The van der Waals surface area contributed by atoms with E-state index in [9.17, 15) is 10.1 Å². The predicted molar refractivity (Wildman–Crippen MR) is 102 cm³/mol. The van der Waals surface area contributed by atoms with E-state index in [-0.39, 0.29) is 10.6 Å². The second kappa shape index (κ2) is 6.44. The van der Waals surface area contributed by atoms with E-state index in [1.54, 1.807) is 12.1 Å². The van der Waals surface area contributed by atoms with Crippen molar-refractivity contribution < 1.29 is 4.92 Å². The van der Waals surface area contributed by atoms with Gasteiger partial charge in [-0.2, -0.15) is 0 Å². The number of para-hydroxylation sites is 1. The van der Waals surface area contributed by atoms with E-state index in [0.29, 0.717) is 6.54 Å². The van der Waals surface area contributed by atoms with Crippen molar-refractivity contribution in [3.63, 3.8) is 0 Å². The van der Waals surface area contributed by atoms with Crippen LogP contribution < -0.4 is 0 Å². The number of aryl methyl sites for hydroxylation is 1. The summed E-state index contributed by atoms with van der Waals surface area (Å²) in [5, 5.41) is 10.9. The molecule has 0 radical (unpaired) electrons. The standard InChI is InChI=1S/C21H17N3O2/c1-15-6-5-9-19-20(15)22-21(17-10-12-18(13-11-17)24(25)26)23(19)14-16-7-3-2-4-8-16/h2-13H,14H2,1H3. The molecule has 0 aliphatic heterocycles. The Morgan fingerprint density at radius 3 is 2.38 bits per heavy atom. The van der Waals surface area contributed by atoms with Gasteiger partial charge in [-0.1, -0.05) is 42.5 Å². The minimum Gasteiger partial charge on any atom is -0.319 e. The number of aromatic nitrogens is 2. The lowest BCUT2D eigenvalue weighted by Gasteiger charge is -2.10. The number of rotatable bonds is 4. The Kier molecular flexibility index (Phi) is 3.97. The highest BCUT2D eigenvalue weighted by Crippen LogP contribution is 2.28. The summed E-state index contributed by atoms with van der Waals surface area (Å²) in [5.41, 5.74) is 5.24. The fraction of sp³-hybridized carbons (Fsp3) is 0.0952. The molecule has 0 aliphatic rings. The lowest BCUT2D eigenvalue weighted by atomic mass is 10.1. The van der Waals surface area contributed by atoms with Crippen LogP contribution >= 0.6 is 0 Å². The zero-order chi connectivity index (χ0) is 18.1. The second-order valence-electron chi connectivity index (χ2n) is 6.25. The molecule has 0 bridgehead atoms. The Balaban J connectivity index is 1.89. The maximum absolute atomic E-state index is 10.9. The molecule has 1 heterocycles. The summed E-state index contributed by atoms with van der Waals surface area (Å²) in [7, 11) is 0. The van der Waals surface area contributed by atoms with E-state index in [4.69, 9.17) is 4.98 Å². The number of hydrogen-bond acceptors (Lipinski definition) is 3. The third-order valence-electron chi connectivity index (χ3n) is 4.50. The third kappa shape index (κ3) is 2.84. The molecule has 0 N–H and O–H groups in total. The molecular weight excluding hydrogens is 326 g/mol. The van der Waals surface area contributed by atoms with Gasteiger partial charge < -0.3 is 4.57 Å². The van der Waals surface area contributed by atoms with E-state index in [0.717, 1.165) is 28.0 Å². The van der Waals surface area contributed by atoms with Gasteiger partial charge >= 0.3 is 0 Å². The van der Waals surface area contributed by atoms with Crippen molar-refractivity contribution >= 4 is 16.7 Å². The van der Waals surface area contributed by atoms with Crippen molar-refractivity contribution in [1.82, 2.24) is 9.55 Å². The van der Waals surface area contributed by atoms with Crippen LogP contribution in [-0.2, 0) is 6.54 Å². The summed E-state index contributed by atoms with van der Waals surface area (Å²) >= 11 is 0. The number of nitro groups is 1. The van der Waals surface area contributed by atoms with Crippen molar-refractivity contribution in [1.29, 1.82) is 0 Å². The lowest BCUT2D eigenvalue weighted by Crippen LogP contribution is -2.02. The van der Waals surface area contributed by atoms with Crippen LogP contribution in [0, 0.1) is 17.0 Å².